The molecule has 0 aromatic heterocycles. The number of hydroxylamine groups is 2. The monoisotopic (exact) mass is 440 g/mol. The van der Waals surface area contributed by atoms with Crippen LogP contribution in [0.4, 0.5) is 0 Å². The maximum Gasteiger partial charge on any atom is 0.278 e. The van der Waals surface area contributed by atoms with Gasteiger partial charge in [-0.15, -0.1) is 0 Å². The SMILES string of the molecule is NC(=O)[C@@H]1CCCN1C(=O)[C@H](CCCN=C(N)N)N(O)C(=O)c1ccc2ccccc2c1. The van der Waals surface area contributed by atoms with Crippen LogP contribution in [0.25, 0.3) is 10.8 Å². The molecule has 170 valence electrons. The molecule has 10 heteroatoms. The Morgan fingerprint density at radius 1 is 1.12 bits per heavy atom. The topological polar surface area (TPSA) is 168 Å². The Kier molecular flexibility index (Phi) is 7.26. The fourth-order valence-corrected chi connectivity index (χ4v) is 3.96. The molecule has 0 aliphatic carbocycles. The maximum absolute atomic E-state index is 13.3. The van der Waals surface area contributed by atoms with E-state index in [1.165, 1.54) is 4.90 Å². The minimum Gasteiger partial charge on any atom is -0.370 e. The van der Waals surface area contributed by atoms with Gasteiger partial charge in [0, 0.05) is 18.7 Å². The summed E-state index contributed by atoms with van der Waals surface area (Å²) >= 11 is 0. The van der Waals surface area contributed by atoms with Gasteiger partial charge in [-0.2, -0.15) is 0 Å². The lowest BCUT2D eigenvalue weighted by molar-refractivity contribution is -0.155. The molecule has 2 aromatic carbocycles. The van der Waals surface area contributed by atoms with Crippen molar-refractivity contribution < 1.29 is 19.6 Å². The van der Waals surface area contributed by atoms with E-state index in [4.69, 9.17) is 17.2 Å². The minimum atomic E-state index is -1.21. The van der Waals surface area contributed by atoms with Crippen molar-refractivity contribution in [3.63, 3.8) is 0 Å². The van der Waals surface area contributed by atoms with Crippen molar-refractivity contribution in [2.45, 2.75) is 37.8 Å². The van der Waals surface area contributed by atoms with Gasteiger partial charge in [0.2, 0.25) is 11.8 Å². The summed E-state index contributed by atoms with van der Waals surface area (Å²) in [6, 6.07) is 10.6. The zero-order valence-corrected chi connectivity index (χ0v) is 17.7. The second kappa shape index (κ2) is 10.1. The summed E-state index contributed by atoms with van der Waals surface area (Å²) in [5, 5.41) is 13.0. The summed E-state index contributed by atoms with van der Waals surface area (Å²) in [7, 11) is 0. The van der Waals surface area contributed by atoms with Crippen molar-refractivity contribution in [2.75, 3.05) is 13.1 Å². The van der Waals surface area contributed by atoms with Gasteiger partial charge in [0.1, 0.15) is 12.1 Å². The number of likely N-dealkylation sites (tertiary alicyclic amines) is 1. The van der Waals surface area contributed by atoms with Gasteiger partial charge in [-0.1, -0.05) is 30.3 Å². The highest BCUT2D eigenvalue weighted by atomic mass is 16.5. The predicted octanol–water partition coefficient (Wildman–Crippen LogP) is 0.570. The number of guanidine groups is 1. The molecule has 2 aromatic rings. The molecule has 1 heterocycles. The number of rotatable bonds is 8. The first-order valence-electron chi connectivity index (χ1n) is 10.5. The van der Waals surface area contributed by atoms with Gasteiger partial charge in [-0.25, -0.2) is 5.06 Å². The number of fused-ring (bicyclic) bond motifs is 1. The van der Waals surface area contributed by atoms with E-state index in [1.54, 1.807) is 18.2 Å². The van der Waals surface area contributed by atoms with Crippen molar-refractivity contribution in [1.82, 2.24) is 9.96 Å². The normalized spacial score (nSPS) is 16.5. The highest BCUT2D eigenvalue weighted by Gasteiger charge is 2.39. The number of nitrogens with zero attached hydrogens (tertiary/aromatic N) is 3. The van der Waals surface area contributed by atoms with E-state index < -0.39 is 29.8 Å². The maximum atomic E-state index is 13.3. The van der Waals surface area contributed by atoms with E-state index in [9.17, 15) is 19.6 Å². The van der Waals surface area contributed by atoms with Gasteiger partial charge in [0.25, 0.3) is 5.91 Å². The number of hydrogen-bond acceptors (Lipinski definition) is 5. The molecule has 1 fully saturated rings. The predicted molar refractivity (Wildman–Crippen MR) is 120 cm³/mol. The number of carbonyl (C=O) groups excluding carboxylic acids is 3. The molecule has 0 bridgehead atoms. The number of amides is 3. The molecule has 3 amide bonds. The number of nitrogens with two attached hydrogens (primary N) is 3. The summed E-state index contributed by atoms with van der Waals surface area (Å²) in [4.78, 5) is 43.3. The van der Waals surface area contributed by atoms with Crippen molar-refractivity contribution in [2.24, 2.45) is 22.2 Å². The molecule has 0 saturated carbocycles. The Morgan fingerprint density at radius 2 is 1.84 bits per heavy atom. The lowest BCUT2D eigenvalue weighted by Gasteiger charge is -2.31. The summed E-state index contributed by atoms with van der Waals surface area (Å²) in [5.74, 6) is -1.95. The first-order valence-corrected chi connectivity index (χ1v) is 10.5. The van der Waals surface area contributed by atoms with Crippen LogP contribution < -0.4 is 17.2 Å². The van der Waals surface area contributed by atoms with E-state index in [1.807, 2.05) is 24.3 Å². The van der Waals surface area contributed by atoms with Crippen LogP contribution in [0, 0.1) is 0 Å². The first-order chi connectivity index (χ1) is 15.3. The highest BCUT2D eigenvalue weighted by molar-refractivity contribution is 6.00. The van der Waals surface area contributed by atoms with Crippen molar-refractivity contribution in [1.29, 1.82) is 0 Å². The molecule has 2 atom stereocenters. The average molecular weight is 441 g/mol. The minimum absolute atomic E-state index is 0.0886. The second-order valence-corrected chi connectivity index (χ2v) is 7.77. The Balaban J connectivity index is 1.84. The molecule has 3 rings (SSSR count). The van der Waals surface area contributed by atoms with Crippen LogP contribution in [0.5, 0.6) is 0 Å². The van der Waals surface area contributed by atoms with Gasteiger partial charge in [-0.3, -0.25) is 24.6 Å². The van der Waals surface area contributed by atoms with Gasteiger partial charge in [0.15, 0.2) is 5.96 Å². The smallest absolute Gasteiger partial charge is 0.278 e. The Labute approximate surface area is 185 Å². The molecular weight excluding hydrogens is 412 g/mol. The third-order valence-electron chi connectivity index (χ3n) is 5.58. The molecule has 0 spiro atoms. The van der Waals surface area contributed by atoms with E-state index >= 15 is 0 Å². The number of benzene rings is 2. The van der Waals surface area contributed by atoms with E-state index in [-0.39, 0.29) is 24.5 Å². The van der Waals surface area contributed by atoms with E-state index in [0.29, 0.717) is 30.9 Å². The second-order valence-electron chi connectivity index (χ2n) is 7.77. The van der Waals surface area contributed by atoms with Crippen LogP contribution in [0.1, 0.15) is 36.0 Å². The number of primary amides is 1. The van der Waals surface area contributed by atoms with Crippen molar-refractivity contribution in [3.05, 3.63) is 48.0 Å². The molecule has 0 unspecified atom stereocenters. The van der Waals surface area contributed by atoms with Gasteiger partial charge in [0.05, 0.1) is 0 Å². The van der Waals surface area contributed by atoms with Gasteiger partial charge < -0.3 is 22.1 Å². The lowest BCUT2D eigenvalue weighted by Crippen LogP contribution is -2.53. The van der Waals surface area contributed by atoms with Crippen LogP contribution in [0.2, 0.25) is 0 Å². The van der Waals surface area contributed by atoms with Gasteiger partial charge in [-0.05, 0) is 48.6 Å². The first kappa shape index (κ1) is 23.0. The number of carbonyl (C=O) groups is 3. The Morgan fingerprint density at radius 3 is 2.53 bits per heavy atom. The molecule has 32 heavy (non-hydrogen) atoms. The quantitative estimate of drug-likeness (QED) is 0.154. The zero-order valence-electron chi connectivity index (χ0n) is 17.7. The number of hydrogen-bond donors (Lipinski definition) is 4. The average Bonchev–Trinajstić information content (AvgIpc) is 3.28. The van der Waals surface area contributed by atoms with Crippen molar-refractivity contribution in [3.8, 4) is 0 Å². The molecule has 1 aliphatic rings. The summed E-state index contributed by atoms with van der Waals surface area (Å²) < 4.78 is 0. The zero-order chi connectivity index (χ0) is 23.3. The van der Waals surface area contributed by atoms with Gasteiger partial charge >= 0.3 is 0 Å². The summed E-state index contributed by atoms with van der Waals surface area (Å²) in [6.07, 6.45) is 1.51. The van der Waals surface area contributed by atoms with E-state index in [2.05, 4.69) is 4.99 Å². The Bertz CT molecular complexity index is 1040. The molecule has 10 nitrogen and oxygen atoms in total. The van der Waals surface area contributed by atoms with Crippen LogP contribution in [-0.4, -0.2) is 64.0 Å². The third-order valence-corrected chi connectivity index (χ3v) is 5.58. The largest absolute Gasteiger partial charge is 0.370 e. The highest BCUT2D eigenvalue weighted by Crippen LogP contribution is 2.23. The molecule has 7 N–H and O–H groups in total. The Hall–Kier alpha value is -3.66. The standard InChI is InChI=1S/C22H28N6O4/c23-19(29)17-8-4-12-27(17)21(31)18(7-3-11-26-22(24)25)28(32)20(30)16-10-9-14-5-1-2-6-15(14)13-16/h1-2,5-6,9-10,13,17-18,32H,3-4,7-8,11-12H2,(H2,23,29)(H4,24,25,26)/t17-,18-/m0/s1. The summed E-state index contributed by atoms with van der Waals surface area (Å²) in [5.41, 5.74) is 16.4. The van der Waals surface area contributed by atoms with Crippen LogP contribution >= 0.6 is 0 Å². The summed E-state index contributed by atoms with van der Waals surface area (Å²) in [6.45, 7) is 0.554. The van der Waals surface area contributed by atoms with Crippen molar-refractivity contribution >= 4 is 34.5 Å². The molecule has 0 radical (unpaired) electrons. The fraction of sp³-hybridized carbons (Fsp3) is 0.364. The molecule has 1 aliphatic heterocycles. The fourth-order valence-electron chi connectivity index (χ4n) is 3.96. The van der Waals surface area contributed by atoms with E-state index in [0.717, 1.165) is 10.8 Å². The van der Waals surface area contributed by atoms with Crippen LogP contribution in [0.15, 0.2) is 47.5 Å². The molecule has 1 saturated heterocycles. The van der Waals surface area contributed by atoms with Crippen LogP contribution in [-0.2, 0) is 9.59 Å². The lowest BCUT2D eigenvalue weighted by atomic mass is 10.0. The number of aliphatic imine (C=N–C) groups is 1. The van der Waals surface area contributed by atoms with Crippen LogP contribution in [0.3, 0.4) is 0 Å². The molecular formula is C22H28N6O4. The third kappa shape index (κ3) is 5.14.